The highest BCUT2D eigenvalue weighted by Crippen LogP contribution is 2.33. The third kappa shape index (κ3) is 2.92. The van der Waals surface area contributed by atoms with Crippen LogP contribution in [0.1, 0.15) is 23.0 Å². The lowest BCUT2D eigenvalue weighted by Gasteiger charge is -2.04. The molecule has 0 aliphatic rings. The molecule has 0 spiro atoms. The molecule has 5 heteroatoms. The summed E-state index contributed by atoms with van der Waals surface area (Å²) in [7, 11) is 0. The van der Waals surface area contributed by atoms with Crippen molar-refractivity contribution in [2.75, 3.05) is 0 Å². The second-order valence-electron chi connectivity index (χ2n) is 3.55. The van der Waals surface area contributed by atoms with Crippen molar-refractivity contribution >= 4 is 28.9 Å². The summed E-state index contributed by atoms with van der Waals surface area (Å²) in [5, 5.41) is 1.94. The van der Waals surface area contributed by atoms with E-state index in [0.29, 0.717) is 5.56 Å². The molecule has 17 heavy (non-hydrogen) atoms. The average molecular weight is 267 g/mol. The maximum atomic E-state index is 13.1. The molecule has 0 amide bonds. The number of carbonyl (C=O) groups is 1. The summed E-state index contributed by atoms with van der Waals surface area (Å²) >= 11 is 2.91. The monoisotopic (exact) mass is 267 g/mol. The molecule has 0 atom stereocenters. The highest BCUT2D eigenvalue weighted by Gasteiger charge is 2.11. The first-order valence-electron chi connectivity index (χ1n) is 4.97. The number of benzene rings is 1. The van der Waals surface area contributed by atoms with Gasteiger partial charge in [-0.25, -0.2) is 9.37 Å². The zero-order valence-electron chi connectivity index (χ0n) is 9.36. The first-order valence-corrected chi connectivity index (χ1v) is 6.66. The molecule has 1 heterocycles. The van der Waals surface area contributed by atoms with Gasteiger partial charge in [-0.15, -0.1) is 11.3 Å². The lowest BCUT2D eigenvalue weighted by atomic mass is 10.1. The Balaban J connectivity index is 2.35. The second-order valence-corrected chi connectivity index (χ2v) is 5.70. The Kier molecular flexibility index (Phi) is 3.59. The summed E-state index contributed by atoms with van der Waals surface area (Å²) in [4.78, 5) is 16.5. The van der Waals surface area contributed by atoms with Crippen molar-refractivity contribution in [2.45, 2.75) is 23.1 Å². The zero-order valence-corrected chi connectivity index (χ0v) is 11.0. The zero-order chi connectivity index (χ0) is 12.4. The van der Waals surface area contributed by atoms with Gasteiger partial charge >= 0.3 is 0 Å². The Hall–Kier alpha value is -1.20. The molecule has 0 bridgehead atoms. The van der Waals surface area contributed by atoms with Crippen LogP contribution >= 0.6 is 23.1 Å². The summed E-state index contributed by atoms with van der Waals surface area (Å²) in [5.74, 6) is -0.532. The van der Waals surface area contributed by atoms with Gasteiger partial charge in [0, 0.05) is 21.5 Å². The number of hydrogen-bond acceptors (Lipinski definition) is 4. The lowest BCUT2D eigenvalue weighted by molar-refractivity contribution is 0.101. The molecule has 88 valence electrons. The van der Waals surface area contributed by atoms with Crippen LogP contribution < -0.4 is 0 Å². The molecule has 0 saturated carbocycles. The summed E-state index contributed by atoms with van der Waals surface area (Å²) in [6.45, 7) is 3.35. The second kappa shape index (κ2) is 4.98. The van der Waals surface area contributed by atoms with Crippen molar-refractivity contribution in [1.29, 1.82) is 0 Å². The van der Waals surface area contributed by atoms with E-state index in [-0.39, 0.29) is 5.78 Å². The number of halogens is 1. The first kappa shape index (κ1) is 12.3. The minimum atomic E-state index is -0.394. The molecule has 2 aromatic rings. The third-order valence-corrected chi connectivity index (χ3v) is 4.25. The lowest BCUT2D eigenvalue weighted by Crippen LogP contribution is -1.96. The Morgan fingerprint density at radius 2 is 2.24 bits per heavy atom. The van der Waals surface area contributed by atoms with Crippen molar-refractivity contribution in [3.63, 3.8) is 0 Å². The number of aryl methyl sites for hydroxylation is 1. The predicted octanol–water partition coefficient (Wildman–Crippen LogP) is 3.94. The normalized spacial score (nSPS) is 10.5. The standard InChI is InChI=1S/C12H10FNOS2/c1-7-6-16-12(14-7)17-11-4-3-9(13)5-10(11)8(2)15/h3-6H,1-2H3. The molecule has 0 saturated heterocycles. The number of rotatable bonds is 3. The van der Waals surface area contributed by atoms with E-state index in [2.05, 4.69) is 4.98 Å². The van der Waals surface area contributed by atoms with Crippen LogP contribution in [0.3, 0.4) is 0 Å². The fraction of sp³-hybridized carbons (Fsp3) is 0.167. The van der Waals surface area contributed by atoms with Gasteiger partial charge in [-0.05, 0) is 32.0 Å². The Labute approximate surface area is 107 Å². The van der Waals surface area contributed by atoms with Crippen molar-refractivity contribution in [3.8, 4) is 0 Å². The maximum absolute atomic E-state index is 13.1. The van der Waals surface area contributed by atoms with Crippen molar-refractivity contribution < 1.29 is 9.18 Å². The molecule has 0 N–H and O–H groups in total. The predicted molar refractivity (Wildman–Crippen MR) is 67.4 cm³/mol. The molecule has 0 aliphatic carbocycles. The van der Waals surface area contributed by atoms with Crippen LogP contribution in [0.25, 0.3) is 0 Å². The molecule has 0 fully saturated rings. The van der Waals surface area contributed by atoms with Gasteiger partial charge in [-0.2, -0.15) is 0 Å². The van der Waals surface area contributed by atoms with Crippen LogP contribution in [0.4, 0.5) is 4.39 Å². The van der Waals surface area contributed by atoms with E-state index in [9.17, 15) is 9.18 Å². The molecule has 2 nitrogen and oxygen atoms in total. The summed E-state index contributed by atoms with van der Waals surface area (Å²) in [6.07, 6.45) is 0. The fourth-order valence-electron chi connectivity index (χ4n) is 1.34. The van der Waals surface area contributed by atoms with E-state index >= 15 is 0 Å². The number of Topliss-reactive ketones (excluding diaryl/α,β-unsaturated/α-hetero) is 1. The summed E-state index contributed by atoms with van der Waals surface area (Å²) in [6, 6.07) is 4.24. The van der Waals surface area contributed by atoms with Gasteiger partial charge in [0.2, 0.25) is 0 Å². The van der Waals surface area contributed by atoms with Crippen molar-refractivity contribution in [3.05, 3.63) is 40.7 Å². The van der Waals surface area contributed by atoms with Crippen molar-refractivity contribution in [2.24, 2.45) is 0 Å². The molecular weight excluding hydrogens is 257 g/mol. The van der Waals surface area contributed by atoms with E-state index in [0.717, 1.165) is 14.9 Å². The quantitative estimate of drug-likeness (QED) is 0.789. The Bertz CT molecular complexity index is 565. The van der Waals surface area contributed by atoms with Gasteiger partial charge in [0.25, 0.3) is 0 Å². The number of ketones is 1. The van der Waals surface area contributed by atoms with E-state index in [4.69, 9.17) is 0 Å². The Morgan fingerprint density at radius 1 is 1.47 bits per heavy atom. The molecule has 0 unspecified atom stereocenters. The minimum absolute atomic E-state index is 0.139. The molecular formula is C12H10FNOS2. The van der Waals surface area contributed by atoms with E-state index in [1.54, 1.807) is 6.07 Å². The van der Waals surface area contributed by atoms with Gasteiger partial charge in [0.15, 0.2) is 10.1 Å². The van der Waals surface area contributed by atoms with E-state index in [1.165, 1.54) is 42.2 Å². The van der Waals surface area contributed by atoms with Gasteiger partial charge in [-0.3, -0.25) is 4.79 Å². The number of carbonyl (C=O) groups excluding carboxylic acids is 1. The molecule has 0 radical (unpaired) electrons. The summed E-state index contributed by atoms with van der Waals surface area (Å²) < 4.78 is 13.9. The number of nitrogens with zero attached hydrogens (tertiary/aromatic N) is 1. The number of hydrogen-bond donors (Lipinski definition) is 0. The van der Waals surface area contributed by atoms with Gasteiger partial charge in [0.1, 0.15) is 5.82 Å². The van der Waals surface area contributed by atoms with Crippen LogP contribution in [-0.4, -0.2) is 10.8 Å². The molecule has 2 rings (SSSR count). The number of aromatic nitrogens is 1. The van der Waals surface area contributed by atoms with E-state index in [1.807, 2.05) is 12.3 Å². The fourth-order valence-corrected chi connectivity index (χ4v) is 3.29. The van der Waals surface area contributed by atoms with Gasteiger partial charge in [-0.1, -0.05) is 11.8 Å². The number of thiazole rings is 1. The van der Waals surface area contributed by atoms with Crippen LogP contribution in [0.5, 0.6) is 0 Å². The topological polar surface area (TPSA) is 30.0 Å². The summed E-state index contributed by atoms with van der Waals surface area (Å²) in [5.41, 5.74) is 1.35. The van der Waals surface area contributed by atoms with Crippen LogP contribution in [0.2, 0.25) is 0 Å². The van der Waals surface area contributed by atoms with Crippen LogP contribution in [-0.2, 0) is 0 Å². The highest BCUT2D eigenvalue weighted by atomic mass is 32.2. The SMILES string of the molecule is CC(=O)c1cc(F)ccc1Sc1nc(C)cs1. The molecule has 0 aliphatic heterocycles. The first-order chi connectivity index (χ1) is 8.06. The van der Waals surface area contributed by atoms with Gasteiger partial charge in [0.05, 0.1) is 0 Å². The van der Waals surface area contributed by atoms with Gasteiger partial charge < -0.3 is 0 Å². The largest absolute Gasteiger partial charge is 0.294 e. The maximum Gasteiger partial charge on any atom is 0.161 e. The minimum Gasteiger partial charge on any atom is -0.294 e. The average Bonchev–Trinajstić information content (AvgIpc) is 2.66. The van der Waals surface area contributed by atoms with Crippen LogP contribution in [0, 0.1) is 12.7 Å². The highest BCUT2D eigenvalue weighted by molar-refractivity contribution is 8.01. The molecule has 1 aromatic heterocycles. The smallest absolute Gasteiger partial charge is 0.161 e. The van der Waals surface area contributed by atoms with Crippen molar-refractivity contribution in [1.82, 2.24) is 4.98 Å². The molecule has 1 aromatic carbocycles. The Morgan fingerprint density at radius 3 is 2.82 bits per heavy atom. The van der Waals surface area contributed by atoms with E-state index < -0.39 is 5.82 Å². The van der Waals surface area contributed by atoms with Crippen LogP contribution in [0.15, 0.2) is 32.8 Å². The third-order valence-electron chi connectivity index (χ3n) is 2.12.